The number of pyridine rings is 1. The van der Waals surface area contributed by atoms with Gasteiger partial charge in [-0.25, -0.2) is 18.6 Å². The summed E-state index contributed by atoms with van der Waals surface area (Å²) in [5.74, 6) is -1.40. The summed E-state index contributed by atoms with van der Waals surface area (Å²) >= 11 is 8.32. The molecule has 1 rings (SSSR count). The summed E-state index contributed by atoms with van der Waals surface area (Å²) in [4.78, 5) is 13.7. The minimum absolute atomic E-state index is 0.0841. The third kappa shape index (κ3) is 2.19. The molecule has 0 saturated carbocycles. The molecule has 0 aliphatic rings. The number of alkyl halides is 2. The fourth-order valence-electron chi connectivity index (χ4n) is 0.771. The Morgan fingerprint density at radius 1 is 1.64 bits per heavy atom. The lowest BCUT2D eigenvalue weighted by Gasteiger charge is -2.05. The molecule has 7 heteroatoms. The van der Waals surface area contributed by atoms with Gasteiger partial charge in [0, 0.05) is 0 Å². The van der Waals surface area contributed by atoms with Crippen molar-refractivity contribution in [3.63, 3.8) is 0 Å². The standard InChI is InChI=1S/C7H3BrClF2NO2/c8-4-2(9)1-3(7(13)14)12-5(4)6(10)11/h1,6H,(H,13,14). The molecule has 0 aromatic carbocycles. The molecular weight excluding hydrogens is 283 g/mol. The van der Waals surface area contributed by atoms with E-state index >= 15 is 0 Å². The van der Waals surface area contributed by atoms with E-state index in [9.17, 15) is 13.6 Å². The van der Waals surface area contributed by atoms with Gasteiger partial charge in [0.05, 0.1) is 9.50 Å². The molecule has 1 aromatic rings. The number of carboxylic acid groups (broad SMARTS) is 1. The second-order valence-corrected chi connectivity index (χ2v) is 3.49. The van der Waals surface area contributed by atoms with Crippen molar-refractivity contribution in [3.05, 3.63) is 26.9 Å². The van der Waals surface area contributed by atoms with Gasteiger partial charge in [0.25, 0.3) is 6.43 Å². The van der Waals surface area contributed by atoms with E-state index in [-0.39, 0.29) is 9.50 Å². The Bertz CT molecular complexity index is 386. The van der Waals surface area contributed by atoms with Crippen molar-refractivity contribution in [3.8, 4) is 0 Å². The first-order chi connectivity index (χ1) is 6.43. The van der Waals surface area contributed by atoms with E-state index in [0.29, 0.717) is 0 Å². The van der Waals surface area contributed by atoms with Gasteiger partial charge >= 0.3 is 5.97 Å². The highest BCUT2D eigenvalue weighted by molar-refractivity contribution is 9.10. The van der Waals surface area contributed by atoms with Crippen molar-refractivity contribution < 1.29 is 18.7 Å². The Kier molecular flexibility index (Phi) is 3.38. The Balaban J connectivity index is 3.35. The topological polar surface area (TPSA) is 50.2 Å². The van der Waals surface area contributed by atoms with Crippen LogP contribution in [0.4, 0.5) is 8.78 Å². The molecule has 3 nitrogen and oxygen atoms in total. The molecule has 76 valence electrons. The molecule has 0 aliphatic carbocycles. The fraction of sp³-hybridized carbons (Fsp3) is 0.143. The van der Waals surface area contributed by atoms with Crippen LogP contribution in [0.3, 0.4) is 0 Å². The van der Waals surface area contributed by atoms with E-state index in [4.69, 9.17) is 16.7 Å². The Morgan fingerprint density at radius 2 is 2.21 bits per heavy atom. The second kappa shape index (κ2) is 4.18. The molecule has 0 unspecified atom stereocenters. The molecule has 0 atom stereocenters. The highest BCUT2D eigenvalue weighted by Gasteiger charge is 2.19. The number of hydrogen-bond donors (Lipinski definition) is 1. The molecule has 1 aromatic heterocycles. The van der Waals surface area contributed by atoms with Crippen molar-refractivity contribution in [2.45, 2.75) is 6.43 Å². The minimum atomic E-state index is -2.87. The summed E-state index contributed by atoms with van der Waals surface area (Å²) in [6, 6.07) is 1.000. The second-order valence-electron chi connectivity index (χ2n) is 2.29. The molecule has 0 fully saturated rings. The van der Waals surface area contributed by atoms with Crippen LogP contribution in [0.2, 0.25) is 5.02 Å². The van der Waals surface area contributed by atoms with E-state index in [1.165, 1.54) is 0 Å². The Labute approximate surface area is 90.8 Å². The van der Waals surface area contributed by atoms with E-state index in [1.807, 2.05) is 0 Å². The highest BCUT2D eigenvalue weighted by Crippen LogP contribution is 2.31. The summed E-state index contributed by atoms with van der Waals surface area (Å²) in [5.41, 5.74) is -1.18. The zero-order valence-electron chi connectivity index (χ0n) is 6.47. The van der Waals surface area contributed by atoms with Gasteiger partial charge in [0.1, 0.15) is 11.4 Å². The molecule has 1 heterocycles. The maximum Gasteiger partial charge on any atom is 0.354 e. The first-order valence-electron chi connectivity index (χ1n) is 3.31. The van der Waals surface area contributed by atoms with E-state index in [0.717, 1.165) is 6.07 Å². The van der Waals surface area contributed by atoms with Crippen LogP contribution in [0.5, 0.6) is 0 Å². The van der Waals surface area contributed by atoms with Crippen molar-refractivity contribution in [2.24, 2.45) is 0 Å². The number of aromatic carboxylic acids is 1. The molecule has 14 heavy (non-hydrogen) atoms. The molecule has 0 bridgehead atoms. The number of carbonyl (C=O) groups is 1. The fourth-order valence-corrected chi connectivity index (χ4v) is 1.35. The van der Waals surface area contributed by atoms with Gasteiger partial charge < -0.3 is 5.11 Å². The third-order valence-corrected chi connectivity index (χ3v) is 2.72. The Hall–Kier alpha value is -0.750. The molecule has 1 N–H and O–H groups in total. The van der Waals surface area contributed by atoms with Crippen molar-refractivity contribution >= 4 is 33.5 Å². The SMILES string of the molecule is O=C(O)c1cc(Cl)c(Br)c(C(F)F)n1. The summed E-state index contributed by atoms with van der Waals surface area (Å²) in [6.07, 6.45) is -2.87. The summed E-state index contributed by atoms with van der Waals surface area (Å²) in [5, 5.41) is 8.42. The molecule has 0 radical (unpaired) electrons. The summed E-state index contributed by atoms with van der Waals surface area (Å²) in [6.45, 7) is 0. The van der Waals surface area contributed by atoms with Gasteiger partial charge in [-0.15, -0.1) is 0 Å². The Morgan fingerprint density at radius 3 is 2.64 bits per heavy atom. The van der Waals surface area contributed by atoms with Crippen molar-refractivity contribution in [1.29, 1.82) is 0 Å². The average molecular weight is 286 g/mol. The van der Waals surface area contributed by atoms with Crippen LogP contribution in [-0.2, 0) is 0 Å². The number of carboxylic acids is 1. The largest absolute Gasteiger partial charge is 0.477 e. The quantitative estimate of drug-likeness (QED) is 0.908. The predicted molar refractivity (Wildman–Crippen MR) is 48.9 cm³/mol. The highest BCUT2D eigenvalue weighted by atomic mass is 79.9. The summed E-state index contributed by atoms with van der Waals surface area (Å²) in [7, 11) is 0. The minimum Gasteiger partial charge on any atom is -0.477 e. The van der Waals surface area contributed by atoms with Gasteiger partial charge in [-0.05, 0) is 22.0 Å². The summed E-state index contributed by atoms with van der Waals surface area (Å²) < 4.78 is 24.5. The zero-order chi connectivity index (χ0) is 10.9. The van der Waals surface area contributed by atoms with Crippen LogP contribution >= 0.6 is 27.5 Å². The number of rotatable bonds is 2. The molecule has 0 amide bonds. The molecule has 0 aliphatic heterocycles. The number of hydrogen-bond acceptors (Lipinski definition) is 2. The van der Waals surface area contributed by atoms with Crippen LogP contribution in [0.1, 0.15) is 22.6 Å². The van der Waals surface area contributed by atoms with Crippen LogP contribution < -0.4 is 0 Å². The normalized spacial score (nSPS) is 10.6. The van der Waals surface area contributed by atoms with Crippen molar-refractivity contribution in [1.82, 2.24) is 4.98 Å². The van der Waals surface area contributed by atoms with Crippen LogP contribution in [0, 0.1) is 0 Å². The van der Waals surface area contributed by atoms with Gasteiger partial charge in [-0.1, -0.05) is 11.6 Å². The maximum atomic E-state index is 12.3. The van der Waals surface area contributed by atoms with Gasteiger partial charge in [0.15, 0.2) is 0 Å². The lowest BCUT2D eigenvalue weighted by molar-refractivity contribution is 0.0688. The van der Waals surface area contributed by atoms with E-state index in [2.05, 4.69) is 20.9 Å². The lowest BCUT2D eigenvalue weighted by Crippen LogP contribution is -2.04. The smallest absolute Gasteiger partial charge is 0.354 e. The monoisotopic (exact) mass is 285 g/mol. The number of aromatic nitrogens is 1. The first-order valence-corrected chi connectivity index (χ1v) is 4.48. The molecule has 0 saturated heterocycles. The third-order valence-electron chi connectivity index (χ3n) is 1.36. The van der Waals surface area contributed by atoms with Crippen LogP contribution in [0.25, 0.3) is 0 Å². The zero-order valence-corrected chi connectivity index (χ0v) is 8.81. The van der Waals surface area contributed by atoms with Gasteiger partial charge in [0.2, 0.25) is 0 Å². The molecule has 0 spiro atoms. The van der Waals surface area contributed by atoms with Crippen LogP contribution in [0.15, 0.2) is 10.5 Å². The van der Waals surface area contributed by atoms with E-state index in [1.54, 1.807) is 0 Å². The van der Waals surface area contributed by atoms with E-state index < -0.39 is 23.8 Å². The predicted octanol–water partition coefficient (Wildman–Crippen LogP) is 3.13. The lowest BCUT2D eigenvalue weighted by atomic mass is 10.3. The first kappa shape index (κ1) is 11.3. The van der Waals surface area contributed by atoms with Crippen LogP contribution in [-0.4, -0.2) is 16.1 Å². The van der Waals surface area contributed by atoms with Crippen molar-refractivity contribution in [2.75, 3.05) is 0 Å². The number of halogens is 4. The van der Waals surface area contributed by atoms with Gasteiger partial charge in [-0.3, -0.25) is 0 Å². The van der Waals surface area contributed by atoms with Gasteiger partial charge in [-0.2, -0.15) is 0 Å². The average Bonchev–Trinajstić information content (AvgIpc) is 2.08. The maximum absolute atomic E-state index is 12.3. The number of nitrogens with zero attached hydrogens (tertiary/aromatic N) is 1. The molecular formula is C7H3BrClF2NO2.